The van der Waals surface area contributed by atoms with Gasteiger partial charge in [-0.15, -0.1) is 0 Å². The molecule has 0 bridgehead atoms. The molecule has 0 atom stereocenters. The van der Waals surface area contributed by atoms with Crippen molar-refractivity contribution in [2.24, 2.45) is 0 Å². The normalized spacial score (nSPS) is 11.1. The van der Waals surface area contributed by atoms with E-state index in [9.17, 15) is 13.2 Å². The lowest BCUT2D eigenvalue weighted by atomic mass is 9.97. The third kappa shape index (κ3) is 5.39. The highest BCUT2D eigenvalue weighted by Crippen LogP contribution is 2.31. The number of hydrogen-bond acceptors (Lipinski definition) is 2. The van der Waals surface area contributed by atoms with Crippen LogP contribution >= 0.6 is 0 Å². The number of halogens is 4. The Bertz CT molecular complexity index is 1300. The second-order valence-electron chi connectivity index (χ2n) is 7.74. The lowest BCUT2D eigenvalue weighted by Gasteiger charge is -2.11. The van der Waals surface area contributed by atoms with E-state index < -0.39 is 12.4 Å². The van der Waals surface area contributed by atoms with Crippen LogP contribution in [-0.2, 0) is 12.8 Å². The number of alkyl halides is 2. The molecule has 0 unspecified atom stereocenters. The van der Waals surface area contributed by atoms with Crippen LogP contribution < -0.4 is 9.47 Å². The molecule has 174 valence electrons. The number of ether oxygens (including phenoxy) is 2. The molecule has 0 amide bonds. The van der Waals surface area contributed by atoms with Gasteiger partial charge in [0.15, 0.2) is 0 Å². The molecule has 0 fully saturated rings. The first-order valence-electron chi connectivity index (χ1n) is 10.7. The standard InChI is InChI=1S/C28H22F4O2/c1-2-15-33-23-12-14-24(26(29)17-23)20-9-13-25-21(16-20)8-7-19(27(25)30)6-3-18-4-10-22(11-5-18)34-28(31)32/h2,4-5,7-14,16-17,28H,1,3,6,15H2. The molecule has 0 N–H and O–H groups in total. The van der Waals surface area contributed by atoms with E-state index in [0.717, 1.165) is 5.56 Å². The maximum absolute atomic E-state index is 15.2. The number of rotatable bonds is 9. The van der Waals surface area contributed by atoms with Crippen LogP contribution in [0.5, 0.6) is 11.5 Å². The van der Waals surface area contributed by atoms with Gasteiger partial charge in [-0.1, -0.05) is 49.1 Å². The predicted octanol–water partition coefficient (Wildman–Crippen LogP) is 7.74. The van der Waals surface area contributed by atoms with Crippen molar-refractivity contribution < 1.29 is 27.0 Å². The molecule has 0 saturated carbocycles. The van der Waals surface area contributed by atoms with Gasteiger partial charge in [0.05, 0.1) is 0 Å². The van der Waals surface area contributed by atoms with Crippen LogP contribution in [0.3, 0.4) is 0 Å². The van der Waals surface area contributed by atoms with E-state index in [1.165, 1.54) is 18.2 Å². The van der Waals surface area contributed by atoms with E-state index in [4.69, 9.17) is 4.74 Å². The minimum absolute atomic E-state index is 0.0850. The first kappa shape index (κ1) is 23.4. The highest BCUT2D eigenvalue weighted by Gasteiger charge is 2.12. The van der Waals surface area contributed by atoms with Gasteiger partial charge in [-0.05, 0) is 65.3 Å². The average Bonchev–Trinajstić information content (AvgIpc) is 2.83. The van der Waals surface area contributed by atoms with E-state index >= 15 is 4.39 Å². The Morgan fingerprint density at radius 1 is 0.824 bits per heavy atom. The number of fused-ring (bicyclic) bond motifs is 1. The Morgan fingerprint density at radius 3 is 2.29 bits per heavy atom. The van der Waals surface area contributed by atoms with Crippen molar-refractivity contribution in [1.29, 1.82) is 0 Å². The van der Waals surface area contributed by atoms with Crippen molar-refractivity contribution in [2.75, 3.05) is 6.61 Å². The maximum Gasteiger partial charge on any atom is 0.387 e. The van der Waals surface area contributed by atoms with Gasteiger partial charge >= 0.3 is 6.61 Å². The van der Waals surface area contributed by atoms with Gasteiger partial charge in [0, 0.05) is 17.0 Å². The summed E-state index contributed by atoms with van der Waals surface area (Å²) >= 11 is 0. The van der Waals surface area contributed by atoms with Gasteiger partial charge < -0.3 is 9.47 Å². The molecule has 4 rings (SSSR count). The first-order chi connectivity index (χ1) is 16.4. The second-order valence-corrected chi connectivity index (χ2v) is 7.74. The molecule has 2 nitrogen and oxygen atoms in total. The molecule has 0 spiro atoms. The van der Waals surface area contributed by atoms with Gasteiger partial charge in [-0.25, -0.2) is 8.78 Å². The molecule has 6 heteroatoms. The summed E-state index contributed by atoms with van der Waals surface area (Å²) in [6.07, 6.45) is 2.57. The van der Waals surface area contributed by atoms with Crippen molar-refractivity contribution in [1.82, 2.24) is 0 Å². The summed E-state index contributed by atoms with van der Waals surface area (Å²) in [6, 6.07) is 19.6. The fourth-order valence-corrected chi connectivity index (χ4v) is 3.79. The van der Waals surface area contributed by atoms with Crippen LogP contribution in [-0.4, -0.2) is 13.2 Å². The monoisotopic (exact) mass is 466 g/mol. The van der Waals surface area contributed by atoms with Crippen molar-refractivity contribution in [3.05, 3.63) is 108 Å². The second kappa shape index (κ2) is 10.4. The summed E-state index contributed by atoms with van der Waals surface area (Å²) in [5.74, 6) is -0.256. The van der Waals surface area contributed by atoms with Gasteiger partial charge in [-0.2, -0.15) is 8.78 Å². The quantitative estimate of drug-likeness (QED) is 0.186. The molecule has 0 aliphatic heterocycles. The van der Waals surface area contributed by atoms with Gasteiger partial charge in [0.1, 0.15) is 29.7 Å². The zero-order valence-corrected chi connectivity index (χ0v) is 18.2. The summed E-state index contributed by atoms with van der Waals surface area (Å²) in [7, 11) is 0. The third-order valence-electron chi connectivity index (χ3n) is 5.48. The minimum atomic E-state index is -2.87. The third-order valence-corrected chi connectivity index (χ3v) is 5.48. The van der Waals surface area contributed by atoms with Gasteiger partial charge in [0.2, 0.25) is 0 Å². The highest BCUT2D eigenvalue weighted by molar-refractivity contribution is 5.88. The highest BCUT2D eigenvalue weighted by atomic mass is 19.3. The van der Waals surface area contributed by atoms with Crippen LogP contribution in [0.2, 0.25) is 0 Å². The topological polar surface area (TPSA) is 18.5 Å². The fourth-order valence-electron chi connectivity index (χ4n) is 3.79. The fraction of sp³-hybridized carbons (Fsp3) is 0.143. The van der Waals surface area contributed by atoms with E-state index in [2.05, 4.69) is 11.3 Å². The van der Waals surface area contributed by atoms with Crippen molar-refractivity contribution in [2.45, 2.75) is 19.5 Å². The maximum atomic E-state index is 15.2. The smallest absolute Gasteiger partial charge is 0.387 e. The molecule has 4 aromatic carbocycles. The summed E-state index contributed by atoms with van der Waals surface area (Å²) in [5, 5.41) is 1.12. The van der Waals surface area contributed by atoms with E-state index in [-0.39, 0.29) is 18.2 Å². The number of benzene rings is 4. The first-order valence-corrected chi connectivity index (χ1v) is 10.7. The molecule has 0 aliphatic carbocycles. The summed E-state index contributed by atoms with van der Waals surface area (Å²) in [5.41, 5.74) is 2.46. The zero-order valence-electron chi connectivity index (χ0n) is 18.2. The molecule has 34 heavy (non-hydrogen) atoms. The Hall–Kier alpha value is -3.80. The molecule has 0 aromatic heterocycles. The number of aryl methyl sites for hydroxylation is 2. The lowest BCUT2D eigenvalue weighted by molar-refractivity contribution is -0.0498. The molecule has 4 aromatic rings. The van der Waals surface area contributed by atoms with E-state index in [0.29, 0.717) is 46.1 Å². The Morgan fingerprint density at radius 2 is 1.59 bits per heavy atom. The molecule has 0 saturated heterocycles. The van der Waals surface area contributed by atoms with Crippen molar-refractivity contribution >= 4 is 10.8 Å². The summed E-state index contributed by atoms with van der Waals surface area (Å²) in [4.78, 5) is 0. The average molecular weight is 466 g/mol. The van der Waals surface area contributed by atoms with Gasteiger partial charge in [0.25, 0.3) is 0 Å². The number of hydrogen-bond donors (Lipinski definition) is 0. The van der Waals surface area contributed by atoms with Gasteiger partial charge in [-0.3, -0.25) is 0 Å². The van der Waals surface area contributed by atoms with Crippen LogP contribution in [0.4, 0.5) is 17.6 Å². The van der Waals surface area contributed by atoms with Crippen molar-refractivity contribution in [3.8, 4) is 22.6 Å². The van der Waals surface area contributed by atoms with Crippen LogP contribution in [0.25, 0.3) is 21.9 Å². The van der Waals surface area contributed by atoms with E-state index in [1.54, 1.807) is 54.6 Å². The minimum Gasteiger partial charge on any atom is -0.489 e. The van der Waals surface area contributed by atoms with Crippen molar-refractivity contribution in [3.63, 3.8) is 0 Å². The Labute approximate surface area is 195 Å². The molecule has 0 aliphatic rings. The molecular formula is C28H22F4O2. The molecule has 0 radical (unpaired) electrons. The zero-order chi connectivity index (χ0) is 24.1. The Kier molecular flexibility index (Phi) is 7.16. The van der Waals surface area contributed by atoms with Crippen LogP contribution in [0.1, 0.15) is 11.1 Å². The van der Waals surface area contributed by atoms with E-state index in [1.807, 2.05) is 6.07 Å². The van der Waals surface area contributed by atoms with Crippen LogP contribution in [0.15, 0.2) is 85.5 Å². The summed E-state index contributed by atoms with van der Waals surface area (Å²) < 4.78 is 64.0. The molecule has 0 heterocycles. The summed E-state index contributed by atoms with van der Waals surface area (Å²) in [6.45, 7) is 0.984. The largest absolute Gasteiger partial charge is 0.489 e. The van der Waals surface area contributed by atoms with Crippen LogP contribution in [0, 0.1) is 11.6 Å². The predicted molar refractivity (Wildman–Crippen MR) is 125 cm³/mol. The molecular weight excluding hydrogens is 444 g/mol. The SMILES string of the molecule is C=CCOc1ccc(-c2ccc3c(F)c(CCc4ccc(OC(F)F)cc4)ccc3c2)c(F)c1. The Balaban J connectivity index is 1.51. The lowest BCUT2D eigenvalue weighted by Crippen LogP contribution is -2.02.